The summed E-state index contributed by atoms with van der Waals surface area (Å²) in [6.45, 7) is 2.71. The minimum atomic E-state index is -3.02. The van der Waals surface area contributed by atoms with Crippen molar-refractivity contribution in [3.8, 4) is 0 Å². The fourth-order valence-electron chi connectivity index (χ4n) is 2.76. The van der Waals surface area contributed by atoms with Crippen molar-refractivity contribution in [2.45, 2.75) is 45.1 Å². The zero-order valence-electron chi connectivity index (χ0n) is 12.7. The van der Waals surface area contributed by atoms with E-state index >= 15 is 0 Å². The number of nitrogens with one attached hydrogen (secondary N) is 1. The van der Waals surface area contributed by atoms with Crippen LogP contribution in [0, 0.1) is 5.41 Å². The van der Waals surface area contributed by atoms with Gasteiger partial charge in [0.2, 0.25) is 11.8 Å². The molecule has 0 aromatic carbocycles. The van der Waals surface area contributed by atoms with E-state index in [4.69, 9.17) is 0 Å². The minimum absolute atomic E-state index is 0.00527. The zero-order chi connectivity index (χ0) is 15.7. The second-order valence-electron chi connectivity index (χ2n) is 6.24. The predicted molar refractivity (Wildman–Crippen MR) is 79.4 cm³/mol. The molecule has 21 heavy (non-hydrogen) atoms. The molecule has 0 bridgehead atoms. The van der Waals surface area contributed by atoms with E-state index in [1.807, 2.05) is 0 Å². The molecule has 0 spiro atoms. The highest BCUT2D eigenvalue weighted by Crippen LogP contribution is 2.47. The van der Waals surface area contributed by atoms with Gasteiger partial charge in [0.25, 0.3) is 0 Å². The van der Waals surface area contributed by atoms with E-state index in [-0.39, 0.29) is 29.4 Å². The van der Waals surface area contributed by atoms with Gasteiger partial charge in [0.15, 0.2) is 9.84 Å². The molecule has 120 valence electrons. The van der Waals surface area contributed by atoms with Crippen LogP contribution in [0.4, 0.5) is 0 Å². The third kappa shape index (κ3) is 3.56. The highest BCUT2D eigenvalue weighted by molar-refractivity contribution is 7.91. The van der Waals surface area contributed by atoms with Crippen molar-refractivity contribution in [2.75, 3.05) is 25.1 Å². The first-order chi connectivity index (χ1) is 9.81. The second kappa shape index (κ2) is 5.94. The standard InChI is InChI=1S/C14H24N2O4S/c1-3-4-8-16(2)13(18)14(6-7-14)12(17)15-11-5-9-21(19,20)10-11/h11H,3-10H2,1-2H3,(H,15,17). The maximum atomic E-state index is 12.4. The predicted octanol–water partition coefficient (Wildman–Crippen LogP) is 0.328. The normalized spacial score (nSPS) is 25.3. The third-order valence-corrected chi connectivity index (χ3v) is 6.12. The molecule has 0 aromatic rings. The van der Waals surface area contributed by atoms with Crippen LogP contribution in [-0.2, 0) is 19.4 Å². The fraction of sp³-hybridized carbons (Fsp3) is 0.857. The van der Waals surface area contributed by atoms with Gasteiger partial charge in [0.05, 0.1) is 11.5 Å². The molecule has 1 heterocycles. The third-order valence-electron chi connectivity index (χ3n) is 4.36. The smallest absolute Gasteiger partial charge is 0.238 e. The van der Waals surface area contributed by atoms with Crippen LogP contribution in [-0.4, -0.2) is 56.3 Å². The Morgan fingerprint density at radius 2 is 2.00 bits per heavy atom. The lowest BCUT2D eigenvalue weighted by Crippen LogP contribution is -2.47. The van der Waals surface area contributed by atoms with Gasteiger partial charge in [-0.25, -0.2) is 8.42 Å². The average molecular weight is 316 g/mol. The number of hydrogen-bond donors (Lipinski definition) is 1. The molecule has 7 heteroatoms. The molecule has 1 atom stereocenters. The Hall–Kier alpha value is -1.11. The van der Waals surface area contributed by atoms with Crippen molar-refractivity contribution in [1.82, 2.24) is 10.2 Å². The Morgan fingerprint density at radius 3 is 2.48 bits per heavy atom. The molecule has 0 aromatic heterocycles. The Kier molecular flexibility index (Phi) is 4.60. The molecule has 1 N–H and O–H groups in total. The van der Waals surface area contributed by atoms with E-state index in [9.17, 15) is 18.0 Å². The number of nitrogens with zero attached hydrogens (tertiary/aromatic N) is 1. The van der Waals surface area contributed by atoms with Gasteiger partial charge in [-0.15, -0.1) is 0 Å². The minimum Gasteiger partial charge on any atom is -0.351 e. The Labute approximate surface area is 126 Å². The molecule has 2 fully saturated rings. The van der Waals surface area contributed by atoms with Crippen LogP contribution in [0.15, 0.2) is 0 Å². The first kappa shape index (κ1) is 16.3. The van der Waals surface area contributed by atoms with E-state index in [1.165, 1.54) is 0 Å². The summed E-state index contributed by atoms with van der Waals surface area (Å²) in [4.78, 5) is 26.4. The Bertz CT molecular complexity index is 525. The van der Waals surface area contributed by atoms with Crippen LogP contribution in [0.2, 0.25) is 0 Å². The SMILES string of the molecule is CCCCN(C)C(=O)C1(C(=O)NC2CCS(=O)(=O)C2)CC1. The van der Waals surface area contributed by atoms with Crippen LogP contribution in [0.25, 0.3) is 0 Å². The van der Waals surface area contributed by atoms with Crippen molar-refractivity contribution in [1.29, 1.82) is 0 Å². The summed E-state index contributed by atoms with van der Waals surface area (Å²) in [5.41, 5.74) is -0.936. The summed E-state index contributed by atoms with van der Waals surface area (Å²) in [7, 11) is -1.30. The van der Waals surface area contributed by atoms with E-state index in [0.29, 0.717) is 25.8 Å². The number of carbonyl (C=O) groups excluding carboxylic acids is 2. The van der Waals surface area contributed by atoms with Crippen LogP contribution < -0.4 is 5.32 Å². The van der Waals surface area contributed by atoms with Gasteiger partial charge in [0, 0.05) is 19.6 Å². The van der Waals surface area contributed by atoms with E-state index < -0.39 is 15.3 Å². The maximum Gasteiger partial charge on any atom is 0.238 e. The highest BCUT2D eigenvalue weighted by atomic mass is 32.2. The molecule has 2 aliphatic rings. The molecule has 2 rings (SSSR count). The van der Waals surface area contributed by atoms with Gasteiger partial charge >= 0.3 is 0 Å². The van der Waals surface area contributed by atoms with Gasteiger partial charge in [-0.1, -0.05) is 13.3 Å². The van der Waals surface area contributed by atoms with Gasteiger partial charge in [-0.2, -0.15) is 0 Å². The Balaban J connectivity index is 1.94. The molecule has 1 saturated heterocycles. The monoisotopic (exact) mass is 316 g/mol. The fourth-order valence-corrected chi connectivity index (χ4v) is 4.43. The number of hydrogen-bond acceptors (Lipinski definition) is 4. The van der Waals surface area contributed by atoms with Crippen LogP contribution in [0.5, 0.6) is 0 Å². The van der Waals surface area contributed by atoms with Crippen molar-refractivity contribution in [3.05, 3.63) is 0 Å². The average Bonchev–Trinajstić information content (AvgIpc) is 3.16. The molecule has 1 unspecified atom stereocenters. The molecule has 1 saturated carbocycles. The molecule has 1 aliphatic carbocycles. The summed E-state index contributed by atoms with van der Waals surface area (Å²) in [5.74, 6) is -0.309. The van der Waals surface area contributed by atoms with Crippen LogP contribution in [0.1, 0.15) is 39.0 Å². The van der Waals surface area contributed by atoms with Crippen LogP contribution >= 0.6 is 0 Å². The number of rotatable bonds is 6. The lowest BCUT2D eigenvalue weighted by atomic mass is 10.0. The number of carbonyl (C=O) groups is 2. The quantitative estimate of drug-likeness (QED) is 0.716. The topological polar surface area (TPSA) is 83.6 Å². The number of unbranched alkanes of at least 4 members (excludes halogenated alkanes) is 1. The van der Waals surface area contributed by atoms with E-state index in [2.05, 4.69) is 12.2 Å². The Morgan fingerprint density at radius 1 is 1.33 bits per heavy atom. The van der Waals surface area contributed by atoms with Gasteiger partial charge in [-0.05, 0) is 25.7 Å². The van der Waals surface area contributed by atoms with Gasteiger partial charge in [-0.3, -0.25) is 9.59 Å². The number of sulfone groups is 1. The van der Waals surface area contributed by atoms with Crippen molar-refractivity contribution in [3.63, 3.8) is 0 Å². The van der Waals surface area contributed by atoms with E-state index in [0.717, 1.165) is 12.8 Å². The van der Waals surface area contributed by atoms with Crippen molar-refractivity contribution >= 4 is 21.7 Å². The summed E-state index contributed by atoms with van der Waals surface area (Å²) < 4.78 is 22.8. The second-order valence-corrected chi connectivity index (χ2v) is 8.46. The first-order valence-corrected chi connectivity index (χ1v) is 9.40. The van der Waals surface area contributed by atoms with E-state index in [1.54, 1.807) is 11.9 Å². The summed E-state index contributed by atoms with van der Waals surface area (Å²) >= 11 is 0. The summed E-state index contributed by atoms with van der Waals surface area (Å²) in [5, 5.41) is 2.76. The van der Waals surface area contributed by atoms with Gasteiger partial charge in [0.1, 0.15) is 5.41 Å². The molecular weight excluding hydrogens is 292 g/mol. The largest absolute Gasteiger partial charge is 0.351 e. The molecule has 1 aliphatic heterocycles. The van der Waals surface area contributed by atoms with Gasteiger partial charge < -0.3 is 10.2 Å². The lowest BCUT2D eigenvalue weighted by Gasteiger charge is -2.24. The summed E-state index contributed by atoms with van der Waals surface area (Å²) in [6, 6.07) is -0.339. The molecule has 2 amide bonds. The lowest BCUT2D eigenvalue weighted by molar-refractivity contribution is -0.143. The summed E-state index contributed by atoms with van der Waals surface area (Å²) in [6.07, 6.45) is 3.49. The van der Waals surface area contributed by atoms with Crippen molar-refractivity contribution in [2.24, 2.45) is 5.41 Å². The highest BCUT2D eigenvalue weighted by Gasteiger charge is 2.58. The zero-order valence-corrected chi connectivity index (χ0v) is 13.5. The van der Waals surface area contributed by atoms with Crippen LogP contribution in [0.3, 0.4) is 0 Å². The first-order valence-electron chi connectivity index (χ1n) is 7.58. The number of amides is 2. The molecular formula is C14H24N2O4S. The van der Waals surface area contributed by atoms with Crippen molar-refractivity contribution < 1.29 is 18.0 Å². The maximum absolute atomic E-state index is 12.4. The molecule has 0 radical (unpaired) electrons. The molecule has 6 nitrogen and oxygen atoms in total.